The fourth-order valence-electron chi connectivity index (χ4n) is 2.31. The van der Waals surface area contributed by atoms with Crippen LogP contribution in [0.4, 0.5) is 4.39 Å². The molecule has 0 radical (unpaired) electrons. The SMILES string of the molecule is CCCc1cc(=O)[nH]c2nnc(C)n12.CCc1ccc(F)cc1. The Morgan fingerprint density at radius 3 is 2.48 bits per heavy atom. The molecule has 0 fully saturated rings. The molecule has 1 N–H and O–H groups in total. The summed E-state index contributed by atoms with van der Waals surface area (Å²) in [7, 11) is 0. The Bertz CT molecular complexity index is 821. The zero-order chi connectivity index (χ0) is 16.8. The molecular formula is C17H21FN4O. The van der Waals surface area contributed by atoms with Crippen LogP contribution in [0.15, 0.2) is 35.1 Å². The lowest BCUT2D eigenvalue weighted by atomic mass is 10.2. The topological polar surface area (TPSA) is 63.0 Å². The molecule has 23 heavy (non-hydrogen) atoms. The molecule has 0 aliphatic heterocycles. The number of H-pyrrole nitrogens is 1. The van der Waals surface area contributed by atoms with Gasteiger partial charge >= 0.3 is 0 Å². The third-order valence-electron chi connectivity index (χ3n) is 3.47. The van der Waals surface area contributed by atoms with Gasteiger partial charge in [0.15, 0.2) is 0 Å². The van der Waals surface area contributed by atoms with E-state index in [9.17, 15) is 9.18 Å². The number of hydrogen-bond donors (Lipinski definition) is 1. The minimum absolute atomic E-state index is 0.117. The van der Waals surface area contributed by atoms with E-state index in [1.807, 2.05) is 18.2 Å². The largest absolute Gasteiger partial charge is 0.291 e. The minimum Gasteiger partial charge on any atom is -0.291 e. The molecule has 0 aliphatic carbocycles. The number of halogens is 1. The number of fused-ring (bicyclic) bond motifs is 1. The highest BCUT2D eigenvalue weighted by Gasteiger charge is 2.06. The van der Waals surface area contributed by atoms with E-state index in [1.165, 1.54) is 17.7 Å². The second kappa shape index (κ2) is 7.67. The molecule has 0 aliphatic rings. The van der Waals surface area contributed by atoms with Crippen molar-refractivity contribution in [1.82, 2.24) is 19.6 Å². The predicted octanol–water partition coefficient (Wildman–Crippen LogP) is 3.07. The Morgan fingerprint density at radius 2 is 1.87 bits per heavy atom. The zero-order valence-electron chi connectivity index (χ0n) is 13.6. The smallest absolute Gasteiger partial charge is 0.252 e. The second-order valence-electron chi connectivity index (χ2n) is 5.26. The molecule has 1 aromatic carbocycles. The van der Waals surface area contributed by atoms with Crippen LogP contribution in [0.3, 0.4) is 0 Å². The summed E-state index contributed by atoms with van der Waals surface area (Å²) < 4.78 is 14.1. The van der Waals surface area contributed by atoms with Crippen molar-refractivity contribution in [3.05, 3.63) is 63.6 Å². The van der Waals surface area contributed by atoms with Crippen molar-refractivity contribution in [3.8, 4) is 0 Å². The van der Waals surface area contributed by atoms with Gasteiger partial charge in [-0.1, -0.05) is 32.4 Å². The van der Waals surface area contributed by atoms with Crippen LogP contribution in [0, 0.1) is 12.7 Å². The lowest BCUT2D eigenvalue weighted by molar-refractivity contribution is 0.627. The fraction of sp³-hybridized carbons (Fsp3) is 0.353. The Morgan fingerprint density at radius 1 is 1.17 bits per heavy atom. The molecule has 5 nitrogen and oxygen atoms in total. The second-order valence-corrected chi connectivity index (χ2v) is 5.26. The quantitative estimate of drug-likeness (QED) is 0.807. The third-order valence-corrected chi connectivity index (χ3v) is 3.47. The van der Waals surface area contributed by atoms with E-state index < -0.39 is 0 Å². The highest BCUT2D eigenvalue weighted by Crippen LogP contribution is 2.05. The van der Waals surface area contributed by atoms with E-state index in [0.29, 0.717) is 5.78 Å². The summed E-state index contributed by atoms with van der Waals surface area (Å²) in [5, 5.41) is 7.80. The molecule has 0 bridgehead atoms. The Kier molecular flexibility index (Phi) is 5.62. The van der Waals surface area contributed by atoms with Gasteiger partial charge in [-0.15, -0.1) is 10.2 Å². The lowest BCUT2D eigenvalue weighted by Gasteiger charge is -2.02. The maximum absolute atomic E-state index is 12.2. The van der Waals surface area contributed by atoms with E-state index in [2.05, 4.69) is 22.1 Å². The van der Waals surface area contributed by atoms with Gasteiger partial charge in [0, 0.05) is 11.8 Å². The van der Waals surface area contributed by atoms with Crippen LogP contribution in [-0.2, 0) is 12.8 Å². The zero-order valence-corrected chi connectivity index (χ0v) is 13.6. The molecule has 3 aromatic rings. The maximum atomic E-state index is 12.2. The van der Waals surface area contributed by atoms with Crippen molar-refractivity contribution < 1.29 is 4.39 Å². The first-order valence-corrected chi connectivity index (χ1v) is 7.73. The average Bonchev–Trinajstić information content (AvgIpc) is 2.90. The predicted molar refractivity (Wildman–Crippen MR) is 88.1 cm³/mol. The summed E-state index contributed by atoms with van der Waals surface area (Å²) in [5.74, 6) is 1.17. The molecule has 122 valence electrons. The first-order chi connectivity index (χ1) is 11.0. The van der Waals surface area contributed by atoms with Crippen molar-refractivity contribution in [1.29, 1.82) is 0 Å². The molecule has 0 amide bonds. The van der Waals surface area contributed by atoms with Crippen LogP contribution in [0.5, 0.6) is 0 Å². The van der Waals surface area contributed by atoms with E-state index in [-0.39, 0.29) is 11.4 Å². The summed E-state index contributed by atoms with van der Waals surface area (Å²) in [6, 6.07) is 8.18. The molecule has 0 saturated heterocycles. The van der Waals surface area contributed by atoms with Crippen LogP contribution in [-0.4, -0.2) is 19.6 Å². The first-order valence-electron chi connectivity index (χ1n) is 7.73. The summed E-state index contributed by atoms with van der Waals surface area (Å²) in [5.41, 5.74) is 2.03. The summed E-state index contributed by atoms with van der Waals surface area (Å²) in [6.07, 6.45) is 2.83. The van der Waals surface area contributed by atoms with Gasteiger partial charge in [0.05, 0.1) is 0 Å². The third kappa shape index (κ3) is 4.25. The van der Waals surface area contributed by atoms with Crippen LogP contribution in [0.1, 0.15) is 37.4 Å². The van der Waals surface area contributed by atoms with Gasteiger partial charge in [-0.3, -0.25) is 14.2 Å². The van der Waals surface area contributed by atoms with Crippen molar-refractivity contribution >= 4 is 5.78 Å². The Hall–Kier alpha value is -2.50. The van der Waals surface area contributed by atoms with Gasteiger partial charge in [0.1, 0.15) is 11.6 Å². The van der Waals surface area contributed by atoms with Gasteiger partial charge in [-0.25, -0.2) is 4.39 Å². The van der Waals surface area contributed by atoms with Crippen molar-refractivity contribution in [3.63, 3.8) is 0 Å². The van der Waals surface area contributed by atoms with Crippen LogP contribution in [0.25, 0.3) is 5.78 Å². The maximum Gasteiger partial charge on any atom is 0.252 e. The highest BCUT2D eigenvalue weighted by atomic mass is 19.1. The molecule has 3 rings (SSSR count). The number of aromatic amines is 1. The number of nitrogens with zero attached hydrogens (tertiary/aromatic N) is 3. The normalized spacial score (nSPS) is 10.4. The number of benzene rings is 1. The van der Waals surface area contributed by atoms with Crippen molar-refractivity contribution in [2.45, 2.75) is 40.0 Å². The van der Waals surface area contributed by atoms with Crippen LogP contribution < -0.4 is 5.56 Å². The number of hydrogen-bond acceptors (Lipinski definition) is 3. The molecular weight excluding hydrogens is 295 g/mol. The monoisotopic (exact) mass is 316 g/mol. The van der Waals surface area contributed by atoms with E-state index in [0.717, 1.165) is 30.8 Å². The fourth-order valence-corrected chi connectivity index (χ4v) is 2.31. The number of rotatable bonds is 3. The van der Waals surface area contributed by atoms with Gasteiger partial charge < -0.3 is 0 Å². The molecule has 0 saturated carbocycles. The molecule has 2 aromatic heterocycles. The average molecular weight is 316 g/mol. The lowest BCUT2D eigenvalue weighted by Crippen LogP contribution is -2.12. The van der Waals surface area contributed by atoms with E-state index in [4.69, 9.17) is 0 Å². The van der Waals surface area contributed by atoms with Crippen molar-refractivity contribution in [2.24, 2.45) is 0 Å². The highest BCUT2D eigenvalue weighted by molar-refractivity contribution is 5.29. The van der Waals surface area contributed by atoms with Gasteiger partial charge in [-0.05, 0) is 37.5 Å². The van der Waals surface area contributed by atoms with Gasteiger partial charge in [0.2, 0.25) is 5.78 Å². The number of aryl methyl sites for hydroxylation is 3. The minimum atomic E-state index is -0.160. The summed E-state index contributed by atoms with van der Waals surface area (Å²) in [4.78, 5) is 13.9. The number of aromatic nitrogens is 4. The van der Waals surface area contributed by atoms with Crippen LogP contribution >= 0.6 is 0 Å². The van der Waals surface area contributed by atoms with Gasteiger partial charge in [0.25, 0.3) is 5.56 Å². The first kappa shape index (κ1) is 16.9. The molecule has 0 atom stereocenters. The van der Waals surface area contributed by atoms with E-state index >= 15 is 0 Å². The van der Waals surface area contributed by atoms with Crippen molar-refractivity contribution in [2.75, 3.05) is 0 Å². The molecule has 6 heteroatoms. The summed E-state index contributed by atoms with van der Waals surface area (Å²) in [6.45, 7) is 6.00. The van der Waals surface area contributed by atoms with Crippen LogP contribution in [0.2, 0.25) is 0 Å². The molecule has 2 heterocycles. The molecule has 0 spiro atoms. The Labute approximate surface area is 134 Å². The van der Waals surface area contributed by atoms with Gasteiger partial charge in [-0.2, -0.15) is 0 Å². The van der Waals surface area contributed by atoms with E-state index in [1.54, 1.807) is 18.2 Å². The summed E-state index contributed by atoms with van der Waals surface area (Å²) >= 11 is 0. The standard InChI is InChI=1S/C9H12N4O.C8H9F/c1-3-4-7-5-8(14)10-9-12-11-6(2)13(7)9;1-2-7-3-5-8(9)6-4-7/h5H,3-4H2,1-2H3,(H,10,12,14);3-6H,2H2,1H3. The molecule has 0 unspecified atom stereocenters. The Balaban J connectivity index is 0.000000185. The number of nitrogens with one attached hydrogen (secondary N) is 1.